The molecule has 0 saturated carbocycles. The van der Waals surface area contributed by atoms with Crippen LogP contribution in [0.15, 0.2) is 48.9 Å². The molecule has 1 fully saturated rings. The highest BCUT2D eigenvalue weighted by Crippen LogP contribution is 2.17. The van der Waals surface area contributed by atoms with E-state index in [0.717, 1.165) is 36.5 Å². The third kappa shape index (κ3) is 4.80. The Morgan fingerprint density at radius 1 is 1.33 bits per heavy atom. The highest BCUT2D eigenvalue weighted by atomic mass is 35.5. The number of hydrogen-bond acceptors (Lipinski definition) is 5. The molecule has 8 heteroatoms. The maximum Gasteiger partial charge on any atom is 0.253 e. The van der Waals surface area contributed by atoms with Gasteiger partial charge in [0.1, 0.15) is 5.82 Å². The number of likely N-dealkylation sites (N-methyl/N-ethyl adjacent to an activating group) is 1. The van der Waals surface area contributed by atoms with Gasteiger partial charge in [0.2, 0.25) is 5.95 Å². The van der Waals surface area contributed by atoms with Crippen molar-refractivity contribution in [2.75, 3.05) is 25.5 Å². The zero-order valence-corrected chi connectivity index (χ0v) is 17.9. The lowest BCUT2D eigenvalue weighted by Gasteiger charge is -2.14. The van der Waals surface area contributed by atoms with Crippen LogP contribution in [-0.4, -0.2) is 51.5 Å². The highest BCUT2D eigenvalue weighted by Gasteiger charge is 2.20. The zero-order valence-electron chi connectivity index (χ0n) is 17.1. The second-order valence-electron chi connectivity index (χ2n) is 7.71. The number of aromatic nitrogens is 3. The fourth-order valence-electron chi connectivity index (χ4n) is 3.59. The molecule has 3 heterocycles. The Hall–Kier alpha value is -2.90. The summed E-state index contributed by atoms with van der Waals surface area (Å²) >= 11 is 6.00. The fraction of sp³-hybridized carbons (Fsp3) is 0.318. The lowest BCUT2D eigenvalue weighted by Crippen LogP contribution is -2.24. The van der Waals surface area contributed by atoms with Gasteiger partial charge < -0.3 is 20.1 Å². The predicted octanol–water partition coefficient (Wildman–Crippen LogP) is 3.28. The molecule has 1 amide bonds. The van der Waals surface area contributed by atoms with E-state index in [-0.39, 0.29) is 5.91 Å². The third-order valence-electron chi connectivity index (χ3n) is 5.21. The Kier molecular flexibility index (Phi) is 6.01. The quantitative estimate of drug-likeness (QED) is 0.635. The van der Waals surface area contributed by atoms with Gasteiger partial charge >= 0.3 is 0 Å². The van der Waals surface area contributed by atoms with Gasteiger partial charge in [0.15, 0.2) is 0 Å². The number of nitrogens with one attached hydrogen (secondary N) is 2. The fourth-order valence-corrected chi connectivity index (χ4v) is 3.81. The molecule has 1 atom stereocenters. The average molecular weight is 425 g/mol. The Bertz CT molecular complexity index is 1050. The Morgan fingerprint density at radius 3 is 2.97 bits per heavy atom. The summed E-state index contributed by atoms with van der Waals surface area (Å²) < 4.78 is 1.86. The van der Waals surface area contributed by atoms with Crippen LogP contribution in [0.25, 0.3) is 5.82 Å². The molecule has 4 rings (SSSR count). The molecule has 0 bridgehead atoms. The molecule has 7 nitrogen and oxygen atoms in total. The molecular formula is C22H25ClN6O. The first-order chi connectivity index (χ1) is 14.5. The van der Waals surface area contributed by atoms with E-state index in [1.165, 1.54) is 0 Å². The molecule has 156 valence electrons. The molecule has 2 N–H and O–H groups in total. The topological polar surface area (TPSA) is 75.1 Å². The number of likely N-dealkylation sites (tertiary alicyclic amines) is 1. The van der Waals surface area contributed by atoms with Gasteiger partial charge in [-0.15, -0.1) is 0 Å². The zero-order chi connectivity index (χ0) is 21.1. The molecule has 1 aliphatic rings. The smallest absolute Gasteiger partial charge is 0.253 e. The van der Waals surface area contributed by atoms with Gasteiger partial charge in [-0.2, -0.15) is 4.98 Å². The summed E-state index contributed by atoms with van der Waals surface area (Å²) in [5.41, 5.74) is 2.46. The van der Waals surface area contributed by atoms with Crippen LogP contribution < -0.4 is 10.6 Å². The number of aryl methyl sites for hydroxylation is 1. The number of rotatable bonds is 6. The van der Waals surface area contributed by atoms with Gasteiger partial charge in [-0.1, -0.05) is 23.7 Å². The number of anilines is 1. The molecule has 3 aromatic rings. The minimum atomic E-state index is -0.146. The molecule has 1 aliphatic heterocycles. The van der Waals surface area contributed by atoms with E-state index in [9.17, 15) is 4.79 Å². The largest absolute Gasteiger partial charge is 0.350 e. The maximum absolute atomic E-state index is 12.6. The van der Waals surface area contributed by atoms with Crippen molar-refractivity contribution in [2.45, 2.75) is 25.9 Å². The minimum absolute atomic E-state index is 0.146. The molecule has 0 radical (unpaired) electrons. The van der Waals surface area contributed by atoms with Crippen LogP contribution in [-0.2, 0) is 6.54 Å². The van der Waals surface area contributed by atoms with Crippen LogP contribution >= 0.6 is 11.6 Å². The first kappa shape index (κ1) is 20.4. The van der Waals surface area contributed by atoms with Crippen LogP contribution in [0.4, 0.5) is 5.95 Å². The summed E-state index contributed by atoms with van der Waals surface area (Å²) in [6.07, 6.45) is 6.51. The lowest BCUT2D eigenvalue weighted by molar-refractivity contribution is 0.0951. The van der Waals surface area contributed by atoms with Crippen LogP contribution in [0.5, 0.6) is 0 Å². The number of carbonyl (C=O) groups excluding carboxylic acids is 1. The van der Waals surface area contributed by atoms with Gasteiger partial charge in [-0.05, 0) is 50.7 Å². The van der Waals surface area contributed by atoms with E-state index in [1.807, 2.05) is 48.1 Å². The van der Waals surface area contributed by atoms with Crippen LogP contribution in [0.2, 0.25) is 5.02 Å². The van der Waals surface area contributed by atoms with Crippen LogP contribution in [0, 0.1) is 6.92 Å². The molecule has 0 aliphatic carbocycles. The Morgan fingerprint density at radius 2 is 2.20 bits per heavy atom. The summed E-state index contributed by atoms with van der Waals surface area (Å²) in [7, 11) is 2.11. The number of halogens is 1. The van der Waals surface area contributed by atoms with E-state index in [2.05, 4.69) is 32.5 Å². The summed E-state index contributed by atoms with van der Waals surface area (Å²) in [5.74, 6) is 1.22. The van der Waals surface area contributed by atoms with Crippen molar-refractivity contribution in [3.05, 3.63) is 70.6 Å². The summed E-state index contributed by atoms with van der Waals surface area (Å²) in [5, 5.41) is 6.99. The van der Waals surface area contributed by atoms with E-state index in [0.29, 0.717) is 29.1 Å². The molecule has 2 aromatic heterocycles. The highest BCUT2D eigenvalue weighted by molar-refractivity contribution is 6.30. The second-order valence-corrected chi connectivity index (χ2v) is 8.15. The average Bonchev–Trinajstić information content (AvgIpc) is 3.37. The molecule has 30 heavy (non-hydrogen) atoms. The van der Waals surface area contributed by atoms with E-state index in [1.54, 1.807) is 12.3 Å². The van der Waals surface area contributed by atoms with E-state index < -0.39 is 0 Å². The number of hydrogen-bond donors (Lipinski definition) is 2. The second kappa shape index (κ2) is 8.85. The molecular weight excluding hydrogens is 400 g/mol. The molecule has 0 spiro atoms. The number of benzene rings is 1. The molecule has 1 aromatic carbocycles. The number of amides is 1. The van der Waals surface area contributed by atoms with Gasteiger partial charge in [-0.3, -0.25) is 4.79 Å². The first-order valence-corrected chi connectivity index (χ1v) is 10.4. The number of nitrogens with zero attached hydrogens (tertiary/aromatic N) is 4. The standard InChI is InChI=1S/C22H25ClN6O/c1-15-11-25-22(26-19-7-8-28(2)14-19)27-20(15)29-9-6-17(13-29)21(30)24-12-16-4-3-5-18(23)10-16/h3-6,9-11,13,19H,7-8,12,14H2,1-2H3,(H,24,30)(H,25,26,27). The van der Waals surface area contributed by atoms with E-state index in [4.69, 9.17) is 11.6 Å². The Labute approximate surface area is 181 Å². The summed E-state index contributed by atoms with van der Waals surface area (Å²) in [6.45, 7) is 4.43. The first-order valence-electron chi connectivity index (χ1n) is 9.97. The van der Waals surface area contributed by atoms with Gasteiger partial charge in [0.05, 0.1) is 5.56 Å². The van der Waals surface area contributed by atoms with E-state index >= 15 is 0 Å². The van der Waals surface area contributed by atoms with Crippen LogP contribution in [0.1, 0.15) is 27.9 Å². The number of carbonyl (C=O) groups is 1. The van der Waals surface area contributed by atoms with Crippen molar-refractivity contribution in [3.63, 3.8) is 0 Å². The Balaban J connectivity index is 1.45. The van der Waals surface area contributed by atoms with Crippen molar-refractivity contribution in [1.82, 2.24) is 24.8 Å². The minimum Gasteiger partial charge on any atom is -0.350 e. The van der Waals surface area contributed by atoms with Gasteiger partial charge in [0, 0.05) is 48.3 Å². The van der Waals surface area contributed by atoms with Gasteiger partial charge in [-0.25, -0.2) is 4.98 Å². The van der Waals surface area contributed by atoms with Crippen LogP contribution in [0.3, 0.4) is 0 Å². The van der Waals surface area contributed by atoms with Crippen molar-refractivity contribution < 1.29 is 4.79 Å². The van der Waals surface area contributed by atoms with Crippen molar-refractivity contribution in [2.24, 2.45) is 0 Å². The summed E-state index contributed by atoms with van der Waals surface area (Å²) in [6, 6.07) is 9.58. The van der Waals surface area contributed by atoms with Gasteiger partial charge in [0.25, 0.3) is 5.91 Å². The SMILES string of the molecule is Cc1cnc(NC2CCN(C)C2)nc1-n1ccc(C(=O)NCc2cccc(Cl)c2)c1. The van der Waals surface area contributed by atoms with Crippen molar-refractivity contribution in [3.8, 4) is 5.82 Å². The predicted molar refractivity (Wildman–Crippen MR) is 118 cm³/mol. The molecule has 1 saturated heterocycles. The third-order valence-corrected chi connectivity index (χ3v) is 5.45. The van der Waals surface area contributed by atoms with Crippen molar-refractivity contribution in [1.29, 1.82) is 0 Å². The maximum atomic E-state index is 12.6. The molecule has 1 unspecified atom stereocenters. The normalized spacial score (nSPS) is 16.6. The van der Waals surface area contributed by atoms with Crippen molar-refractivity contribution >= 4 is 23.5 Å². The lowest BCUT2D eigenvalue weighted by atomic mass is 10.2. The monoisotopic (exact) mass is 424 g/mol. The summed E-state index contributed by atoms with van der Waals surface area (Å²) in [4.78, 5) is 23.9.